The Morgan fingerprint density at radius 1 is 1.23 bits per heavy atom. The molecule has 1 aliphatic heterocycles. The molecule has 0 fully saturated rings. The fourth-order valence-corrected chi connectivity index (χ4v) is 3.05. The molecular formula is C17H21N3O2. The van der Waals surface area contributed by atoms with E-state index >= 15 is 0 Å². The number of nitrogens with one attached hydrogen (secondary N) is 1. The number of H-pyrrole nitrogens is 1. The summed E-state index contributed by atoms with van der Waals surface area (Å²) in [5, 5.41) is 0. The second-order valence-electron chi connectivity index (χ2n) is 5.90. The average Bonchev–Trinajstić information content (AvgIpc) is 2.87. The second-order valence-corrected chi connectivity index (χ2v) is 5.90. The number of aryl methyl sites for hydroxylation is 1. The molecule has 0 spiro atoms. The van der Waals surface area contributed by atoms with Crippen LogP contribution in [0.1, 0.15) is 33.8 Å². The molecule has 5 nitrogen and oxygen atoms in total. The van der Waals surface area contributed by atoms with Crippen LogP contribution in [-0.4, -0.2) is 22.0 Å². The summed E-state index contributed by atoms with van der Waals surface area (Å²) in [6, 6.07) is 4.11. The molecule has 116 valence electrons. The molecule has 0 aliphatic carbocycles. The summed E-state index contributed by atoms with van der Waals surface area (Å²) in [4.78, 5) is 21.5. The maximum absolute atomic E-state index is 12.0. The number of fused-ring (bicyclic) bond motifs is 1. The molecule has 0 saturated heterocycles. The number of hydrogen-bond acceptors (Lipinski definition) is 4. The molecule has 0 bridgehead atoms. The summed E-state index contributed by atoms with van der Waals surface area (Å²) in [7, 11) is 1.69. The van der Waals surface area contributed by atoms with Gasteiger partial charge in [0.1, 0.15) is 11.6 Å². The molecule has 0 radical (unpaired) electrons. The van der Waals surface area contributed by atoms with Crippen LogP contribution in [0.3, 0.4) is 0 Å². The van der Waals surface area contributed by atoms with Gasteiger partial charge in [0.15, 0.2) is 0 Å². The van der Waals surface area contributed by atoms with E-state index < -0.39 is 0 Å². The third-order valence-corrected chi connectivity index (χ3v) is 4.44. The highest BCUT2D eigenvalue weighted by atomic mass is 16.5. The van der Waals surface area contributed by atoms with Crippen molar-refractivity contribution in [3.63, 3.8) is 0 Å². The number of benzene rings is 1. The van der Waals surface area contributed by atoms with Crippen LogP contribution in [0.2, 0.25) is 0 Å². The van der Waals surface area contributed by atoms with Crippen molar-refractivity contribution in [1.82, 2.24) is 14.9 Å². The first kappa shape index (κ1) is 14.8. The maximum Gasteiger partial charge on any atom is 0.255 e. The van der Waals surface area contributed by atoms with Gasteiger partial charge in [-0.3, -0.25) is 9.69 Å². The van der Waals surface area contributed by atoms with Crippen LogP contribution in [0, 0.1) is 20.8 Å². The number of aromatic nitrogens is 2. The number of aromatic amines is 1. The van der Waals surface area contributed by atoms with E-state index in [1.807, 2.05) is 13.0 Å². The summed E-state index contributed by atoms with van der Waals surface area (Å²) in [5.41, 5.74) is 5.38. The first-order valence-electron chi connectivity index (χ1n) is 7.43. The third-order valence-electron chi connectivity index (χ3n) is 4.44. The van der Waals surface area contributed by atoms with Crippen LogP contribution < -0.4 is 10.3 Å². The van der Waals surface area contributed by atoms with Gasteiger partial charge in [0.05, 0.1) is 18.4 Å². The Morgan fingerprint density at radius 2 is 2.00 bits per heavy atom. The molecule has 2 heterocycles. The van der Waals surface area contributed by atoms with Crippen LogP contribution in [0.25, 0.3) is 0 Å². The van der Waals surface area contributed by atoms with Crippen molar-refractivity contribution in [3.05, 3.63) is 56.3 Å². The van der Waals surface area contributed by atoms with E-state index in [4.69, 9.17) is 4.74 Å². The van der Waals surface area contributed by atoms with E-state index in [0.717, 1.165) is 30.1 Å². The Morgan fingerprint density at radius 3 is 2.73 bits per heavy atom. The monoisotopic (exact) mass is 299 g/mol. The van der Waals surface area contributed by atoms with Gasteiger partial charge in [-0.1, -0.05) is 6.07 Å². The second kappa shape index (κ2) is 5.57. The average molecular weight is 299 g/mol. The van der Waals surface area contributed by atoms with Crippen molar-refractivity contribution < 1.29 is 4.74 Å². The lowest BCUT2D eigenvalue weighted by atomic mass is 10.0. The third kappa shape index (κ3) is 2.52. The van der Waals surface area contributed by atoms with Crippen molar-refractivity contribution in [1.29, 1.82) is 0 Å². The highest BCUT2D eigenvalue weighted by molar-refractivity contribution is 5.43. The van der Waals surface area contributed by atoms with Crippen molar-refractivity contribution in [2.45, 2.75) is 40.4 Å². The van der Waals surface area contributed by atoms with E-state index in [0.29, 0.717) is 12.4 Å². The fourth-order valence-electron chi connectivity index (χ4n) is 3.05. The minimum absolute atomic E-state index is 0.00682. The minimum atomic E-state index is -0.00682. The lowest BCUT2D eigenvalue weighted by Gasteiger charge is -2.18. The van der Waals surface area contributed by atoms with Gasteiger partial charge in [0, 0.05) is 19.6 Å². The zero-order valence-corrected chi connectivity index (χ0v) is 13.5. The van der Waals surface area contributed by atoms with E-state index in [1.54, 1.807) is 7.11 Å². The fraction of sp³-hybridized carbons (Fsp3) is 0.412. The number of ether oxygens (including phenoxy) is 1. The predicted molar refractivity (Wildman–Crippen MR) is 85.0 cm³/mol. The molecule has 1 aliphatic rings. The number of hydrogen-bond donors (Lipinski definition) is 1. The molecule has 5 heteroatoms. The lowest BCUT2D eigenvalue weighted by molar-refractivity contribution is 0.273. The smallest absolute Gasteiger partial charge is 0.255 e. The van der Waals surface area contributed by atoms with E-state index in [9.17, 15) is 4.79 Å². The van der Waals surface area contributed by atoms with E-state index in [2.05, 4.69) is 34.8 Å². The maximum atomic E-state index is 12.0. The van der Waals surface area contributed by atoms with Gasteiger partial charge in [-0.25, -0.2) is 4.98 Å². The summed E-state index contributed by atoms with van der Waals surface area (Å²) in [6.07, 6.45) is 0. The predicted octanol–water partition coefficient (Wildman–Crippen LogP) is 2.22. The SMILES string of the molecule is COc1ccc(CN2Cc3nc(C)[nH]c(=O)c3C2)c(C)c1C. The van der Waals surface area contributed by atoms with Gasteiger partial charge in [-0.2, -0.15) is 0 Å². The lowest BCUT2D eigenvalue weighted by Crippen LogP contribution is -2.19. The Kier molecular flexibility index (Phi) is 3.74. The molecule has 0 amide bonds. The Hall–Kier alpha value is -2.14. The van der Waals surface area contributed by atoms with Gasteiger partial charge >= 0.3 is 0 Å². The highest BCUT2D eigenvalue weighted by Crippen LogP contribution is 2.27. The summed E-state index contributed by atoms with van der Waals surface area (Å²) in [5.74, 6) is 1.60. The molecular weight excluding hydrogens is 278 g/mol. The van der Waals surface area contributed by atoms with E-state index in [-0.39, 0.29) is 5.56 Å². The number of methoxy groups -OCH3 is 1. The molecule has 3 rings (SSSR count). The first-order valence-corrected chi connectivity index (χ1v) is 7.43. The Bertz CT molecular complexity index is 780. The van der Waals surface area contributed by atoms with Crippen LogP contribution in [0.4, 0.5) is 0 Å². The summed E-state index contributed by atoms with van der Waals surface area (Å²) >= 11 is 0. The highest BCUT2D eigenvalue weighted by Gasteiger charge is 2.24. The normalized spacial score (nSPS) is 14.2. The van der Waals surface area contributed by atoms with Crippen LogP contribution in [0.5, 0.6) is 5.75 Å². The standard InChI is InChI=1S/C17H21N3O2/c1-10-11(2)16(22-4)6-5-13(10)7-20-8-14-15(9-20)18-12(3)19-17(14)21/h5-6H,7-9H2,1-4H3,(H,18,19,21). The molecule has 22 heavy (non-hydrogen) atoms. The molecule has 0 unspecified atom stereocenters. The topological polar surface area (TPSA) is 58.2 Å². The van der Waals surface area contributed by atoms with Gasteiger partial charge in [0.2, 0.25) is 0 Å². The minimum Gasteiger partial charge on any atom is -0.496 e. The quantitative estimate of drug-likeness (QED) is 0.944. The zero-order chi connectivity index (χ0) is 15.9. The molecule has 1 N–H and O–H groups in total. The molecule has 1 aromatic heterocycles. The largest absolute Gasteiger partial charge is 0.496 e. The van der Waals surface area contributed by atoms with Crippen molar-refractivity contribution in [2.75, 3.05) is 7.11 Å². The molecule has 0 atom stereocenters. The van der Waals surface area contributed by atoms with Crippen LogP contribution >= 0.6 is 0 Å². The van der Waals surface area contributed by atoms with Crippen LogP contribution in [0.15, 0.2) is 16.9 Å². The van der Waals surface area contributed by atoms with Crippen molar-refractivity contribution in [2.24, 2.45) is 0 Å². The van der Waals surface area contributed by atoms with Crippen molar-refractivity contribution >= 4 is 0 Å². The summed E-state index contributed by atoms with van der Waals surface area (Å²) in [6.45, 7) is 8.21. The Labute approximate surface area is 130 Å². The zero-order valence-electron chi connectivity index (χ0n) is 13.5. The van der Waals surface area contributed by atoms with Gasteiger partial charge in [-0.15, -0.1) is 0 Å². The number of nitrogens with zero attached hydrogens (tertiary/aromatic N) is 2. The van der Waals surface area contributed by atoms with Crippen LogP contribution in [-0.2, 0) is 19.6 Å². The first-order chi connectivity index (χ1) is 10.5. The van der Waals surface area contributed by atoms with Gasteiger partial charge in [-0.05, 0) is 43.5 Å². The van der Waals surface area contributed by atoms with Gasteiger partial charge in [0.25, 0.3) is 5.56 Å². The molecule has 1 aromatic carbocycles. The number of rotatable bonds is 3. The summed E-state index contributed by atoms with van der Waals surface area (Å²) < 4.78 is 5.36. The van der Waals surface area contributed by atoms with E-state index in [1.165, 1.54) is 16.7 Å². The van der Waals surface area contributed by atoms with Gasteiger partial charge < -0.3 is 9.72 Å². The Balaban J connectivity index is 1.83. The molecule has 2 aromatic rings. The van der Waals surface area contributed by atoms with Crippen molar-refractivity contribution in [3.8, 4) is 5.75 Å². The molecule has 0 saturated carbocycles.